The van der Waals surface area contributed by atoms with Gasteiger partial charge in [0, 0.05) is 47.6 Å². The van der Waals surface area contributed by atoms with Crippen molar-refractivity contribution in [1.82, 2.24) is 20.3 Å². The van der Waals surface area contributed by atoms with Crippen molar-refractivity contribution >= 4 is 39.6 Å². The minimum atomic E-state index is -0.671. The number of benzene rings is 3. The van der Waals surface area contributed by atoms with Crippen LogP contribution in [0.5, 0.6) is 0 Å². The van der Waals surface area contributed by atoms with Crippen molar-refractivity contribution in [3.63, 3.8) is 0 Å². The second-order valence-corrected chi connectivity index (χ2v) is 10.7. The van der Waals surface area contributed by atoms with E-state index in [1.54, 1.807) is 59.9 Å². The van der Waals surface area contributed by atoms with E-state index in [9.17, 15) is 14.0 Å². The number of rotatable bonds is 6. The zero-order valence-corrected chi connectivity index (χ0v) is 23.8. The summed E-state index contributed by atoms with van der Waals surface area (Å²) in [5, 5.41) is 3.36. The number of amides is 2. The van der Waals surface area contributed by atoms with Gasteiger partial charge in [-0.05, 0) is 85.5 Å². The molecule has 10 heteroatoms. The molecule has 1 aliphatic rings. The normalized spacial score (nSPS) is 12.9. The summed E-state index contributed by atoms with van der Waals surface area (Å²) in [6.07, 6.45) is 6.60. The molecule has 0 saturated heterocycles. The first kappa shape index (κ1) is 27.3. The van der Waals surface area contributed by atoms with E-state index in [4.69, 9.17) is 4.42 Å². The number of hydrogen-bond donors (Lipinski definition) is 1. The smallest absolute Gasteiger partial charge is 0.260 e. The van der Waals surface area contributed by atoms with Gasteiger partial charge in [0.1, 0.15) is 23.0 Å². The monoisotopic (exact) mass is 589 g/mol. The van der Waals surface area contributed by atoms with Crippen LogP contribution in [0.25, 0.3) is 44.3 Å². The van der Waals surface area contributed by atoms with Crippen LogP contribution >= 0.6 is 0 Å². The molecule has 0 aliphatic heterocycles. The van der Waals surface area contributed by atoms with Gasteiger partial charge in [-0.15, -0.1) is 0 Å². The third-order valence-electron chi connectivity index (χ3n) is 7.85. The Morgan fingerprint density at radius 1 is 0.977 bits per heavy atom. The fourth-order valence-corrected chi connectivity index (χ4v) is 5.42. The molecule has 1 fully saturated rings. The number of fused-ring (bicyclic) bond motifs is 2. The van der Waals surface area contributed by atoms with E-state index in [2.05, 4.69) is 20.3 Å². The van der Waals surface area contributed by atoms with Crippen molar-refractivity contribution < 1.29 is 22.8 Å². The summed E-state index contributed by atoms with van der Waals surface area (Å²) >= 11 is 0. The zero-order valence-electron chi connectivity index (χ0n) is 23.8. The highest BCUT2D eigenvalue weighted by molar-refractivity contribution is 6.12. The Bertz CT molecular complexity index is 2110. The van der Waals surface area contributed by atoms with Crippen LogP contribution in [0.3, 0.4) is 0 Å². The minimum absolute atomic E-state index is 0.00111. The van der Waals surface area contributed by atoms with Gasteiger partial charge in [0.25, 0.3) is 11.8 Å². The summed E-state index contributed by atoms with van der Waals surface area (Å²) in [6.45, 7) is 1.82. The predicted molar refractivity (Wildman–Crippen MR) is 162 cm³/mol. The molecule has 0 atom stereocenters. The van der Waals surface area contributed by atoms with Crippen LogP contribution in [0.4, 0.5) is 14.7 Å². The van der Waals surface area contributed by atoms with Gasteiger partial charge in [-0.3, -0.25) is 19.5 Å². The first-order valence-electron chi connectivity index (χ1n) is 14.1. The number of hydrogen-bond acceptors (Lipinski definition) is 6. The second kappa shape index (κ2) is 10.6. The van der Waals surface area contributed by atoms with Crippen LogP contribution < -0.4 is 10.2 Å². The Balaban J connectivity index is 1.33. The van der Waals surface area contributed by atoms with Crippen LogP contribution in [0, 0.1) is 18.6 Å². The summed E-state index contributed by atoms with van der Waals surface area (Å²) in [4.78, 5) is 41.8. The van der Waals surface area contributed by atoms with E-state index >= 15 is 4.39 Å². The maximum Gasteiger partial charge on any atom is 0.260 e. The van der Waals surface area contributed by atoms with Crippen LogP contribution in [0.2, 0.25) is 0 Å². The van der Waals surface area contributed by atoms with Gasteiger partial charge >= 0.3 is 0 Å². The second-order valence-electron chi connectivity index (χ2n) is 10.7. The zero-order chi connectivity index (χ0) is 30.5. The van der Waals surface area contributed by atoms with Gasteiger partial charge in [-0.2, -0.15) is 0 Å². The van der Waals surface area contributed by atoms with Gasteiger partial charge in [-0.1, -0.05) is 6.07 Å². The molecule has 7 rings (SSSR count). The topological polar surface area (TPSA) is 101 Å². The molecule has 1 aliphatic carbocycles. The number of aryl methyl sites for hydroxylation is 1. The number of pyridine rings is 1. The summed E-state index contributed by atoms with van der Waals surface area (Å²) in [5.74, 6) is -1.56. The third-order valence-corrected chi connectivity index (χ3v) is 7.85. The molecular formula is C34H25F2N5O3. The molecule has 2 amide bonds. The van der Waals surface area contributed by atoms with Gasteiger partial charge < -0.3 is 9.73 Å². The Hall–Kier alpha value is -5.51. The molecule has 8 nitrogen and oxygen atoms in total. The molecule has 44 heavy (non-hydrogen) atoms. The molecule has 6 aromatic rings. The fraction of sp³-hybridized carbons (Fsp3) is 0.147. The number of nitrogens with zero attached hydrogens (tertiary/aromatic N) is 4. The van der Waals surface area contributed by atoms with E-state index in [0.29, 0.717) is 22.2 Å². The van der Waals surface area contributed by atoms with Gasteiger partial charge in [0.2, 0.25) is 5.95 Å². The number of carbonyl (C=O) groups excluding carboxylic acids is 2. The van der Waals surface area contributed by atoms with E-state index in [1.807, 2.05) is 6.92 Å². The number of nitrogens with one attached hydrogen (secondary N) is 1. The van der Waals surface area contributed by atoms with Crippen molar-refractivity contribution in [1.29, 1.82) is 0 Å². The Labute approximate surface area is 250 Å². The fourth-order valence-electron chi connectivity index (χ4n) is 5.42. The van der Waals surface area contributed by atoms with Crippen molar-refractivity contribution in [2.45, 2.75) is 25.8 Å². The first-order valence-corrected chi connectivity index (χ1v) is 14.1. The first-order chi connectivity index (χ1) is 21.3. The van der Waals surface area contributed by atoms with Crippen molar-refractivity contribution in [2.75, 3.05) is 11.9 Å². The highest BCUT2D eigenvalue weighted by atomic mass is 19.1. The van der Waals surface area contributed by atoms with Crippen LogP contribution in [-0.4, -0.2) is 39.9 Å². The van der Waals surface area contributed by atoms with Crippen molar-refractivity contribution in [3.05, 3.63) is 108 Å². The molecule has 3 aromatic carbocycles. The lowest BCUT2D eigenvalue weighted by Crippen LogP contribution is -2.34. The SMILES string of the molecule is CNC(=O)c1c(-c2ccc(F)cc2)oc2ccc(-c3cc(C(=O)N(c4ncc5ccncc5n4)C4CC4)ccc3C)c(F)c12. The molecule has 0 spiro atoms. The number of furan rings is 1. The quantitative estimate of drug-likeness (QED) is 0.228. The molecule has 0 radical (unpaired) electrons. The van der Waals surface area contributed by atoms with Crippen LogP contribution in [0.15, 0.2) is 83.7 Å². The molecule has 3 aromatic heterocycles. The number of carbonyl (C=O) groups is 2. The van der Waals surface area contributed by atoms with Crippen molar-refractivity contribution in [2.24, 2.45) is 0 Å². The maximum absolute atomic E-state index is 16.5. The largest absolute Gasteiger partial charge is 0.455 e. The van der Waals surface area contributed by atoms with Crippen molar-refractivity contribution in [3.8, 4) is 22.5 Å². The minimum Gasteiger partial charge on any atom is -0.455 e. The Morgan fingerprint density at radius 2 is 1.77 bits per heavy atom. The average molecular weight is 590 g/mol. The van der Waals surface area contributed by atoms with Crippen LogP contribution in [0.1, 0.15) is 39.1 Å². The molecule has 1 saturated carbocycles. The summed E-state index contributed by atoms with van der Waals surface area (Å²) in [5.41, 5.74) is 2.99. The molecule has 0 unspecified atom stereocenters. The van der Waals surface area contributed by atoms with E-state index in [0.717, 1.165) is 23.8 Å². The number of aromatic nitrogens is 3. The molecule has 0 bridgehead atoms. The Morgan fingerprint density at radius 3 is 2.52 bits per heavy atom. The van der Waals surface area contributed by atoms with Crippen LogP contribution in [-0.2, 0) is 0 Å². The van der Waals surface area contributed by atoms with E-state index < -0.39 is 17.5 Å². The molecular weight excluding hydrogens is 564 g/mol. The summed E-state index contributed by atoms with van der Waals surface area (Å²) in [7, 11) is 1.44. The lowest BCUT2D eigenvalue weighted by atomic mass is 9.94. The van der Waals surface area contributed by atoms with E-state index in [-0.39, 0.29) is 45.8 Å². The molecule has 1 N–H and O–H groups in total. The van der Waals surface area contributed by atoms with Gasteiger partial charge in [0.05, 0.1) is 22.7 Å². The highest BCUT2D eigenvalue weighted by Crippen LogP contribution is 2.40. The highest BCUT2D eigenvalue weighted by Gasteiger charge is 2.36. The average Bonchev–Trinajstić information content (AvgIpc) is 3.80. The standard InChI is InChI=1S/C34H25F2N5O3/c1-18-3-4-20(33(43)41(23-9-10-23)34-39-16-21-13-14-38-17-26(21)40-34)15-25(18)24-11-12-27-28(30(24)36)29(32(42)37-2)31(44-27)19-5-7-22(35)8-6-19/h3-8,11-17,23H,9-10H2,1-2H3,(H,37,42). The third kappa shape index (κ3) is 4.64. The van der Waals surface area contributed by atoms with E-state index in [1.165, 1.54) is 31.3 Å². The van der Waals surface area contributed by atoms with Gasteiger partial charge in [-0.25, -0.2) is 18.7 Å². The number of halogens is 2. The lowest BCUT2D eigenvalue weighted by Gasteiger charge is -2.21. The summed E-state index contributed by atoms with van der Waals surface area (Å²) in [6, 6.07) is 15.5. The number of anilines is 1. The van der Waals surface area contributed by atoms with Gasteiger partial charge in [0.15, 0.2) is 0 Å². The Kier molecular flexibility index (Phi) is 6.61. The maximum atomic E-state index is 16.5. The summed E-state index contributed by atoms with van der Waals surface area (Å²) < 4.78 is 36.1. The predicted octanol–water partition coefficient (Wildman–Crippen LogP) is 6.86. The molecule has 3 heterocycles. The lowest BCUT2D eigenvalue weighted by molar-refractivity contribution is 0.0961. The molecule has 218 valence electrons.